The van der Waals surface area contributed by atoms with Gasteiger partial charge in [0.1, 0.15) is 0 Å². The second kappa shape index (κ2) is 4.04. The third-order valence-corrected chi connectivity index (χ3v) is 1.65. The van der Waals surface area contributed by atoms with Gasteiger partial charge >= 0.3 is 0 Å². The standard InChI is InChI=1S/C10H21NO/c1-7(2)9(12)8(3)11-10(4,5)6/h7-8,11H,1-6H3. The summed E-state index contributed by atoms with van der Waals surface area (Å²) in [4.78, 5) is 11.5. The molecule has 1 N–H and O–H groups in total. The molecule has 1 atom stereocenters. The average Bonchev–Trinajstić information content (AvgIpc) is 1.82. The van der Waals surface area contributed by atoms with Crippen molar-refractivity contribution in [1.82, 2.24) is 5.32 Å². The van der Waals surface area contributed by atoms with Crippen LogP contribution in [0.2, 0.25) is 0 Å². The van der Waals surface area contributed by atoms with Gasteiger partial charge in [0.25, 0.3) is 0 Å². The van der Waals surface area contributed by atoms with E-state index in [-0.39, 0.29) is 23.3 Å². The molecule has 0 fully saturated rings. The van der Waals surface area contributed by atoms with Crippen LogP contribution in [0.15, 0.2) is 0 Å². The van der Waals surface area contributed by atoms with Gasteiger partial charge < -0.3 is 5.32 Å². The van der Waals surface area contributed by atoms with Crippen LogP contribution in [-0.4, -0.2) is 17.4 Å². The lowest BCUT2D eigenvalue weighted by molar-refractivity contribution is -0.124. The molecule has 1 unspecified atom stereocenters. The molecule has 72 valence electrons. The van der Waals surface area contributed by atoms with Crippen molar-refractivity contribution in [2.24, 2.45) is 5.92 Å². The molecule has 0 radical (unpaired) electrons. The van der Waals surface area contributed by atoms with E-state index >= 15 is 0 Å². The number of ketones is 1. The molecule has 0 spiro atoms. The zero-order chi connectivity index (χ0) is 9.94. The van der Waals surface area contributed by atoms with E-state index in [1.807, 2.05) is 20.8 Å². The number of rotatable bonds is 3. The molecule has 0 aliphatic carbocycles. The van der Waals surface area contributed by atoms with Crippen molar-refractivity contribution >= 4 is 5.78 Å². The van der Waals surface area contributed by atoms with Gasteiger partial charge in [-0.3, -0.25) is 4.79 Å². The molecule has 0 aliphatic heterocycles. The number of carbonyl (C=O) groups is 1. The third-order valence-electron chi connectivity index (χ3n) is 1.65. The summed E-state index contributed by atoms with van der Waals surface area (Å²) in [6.45, 7) is 12.0. The first-order valence-electron chi connectivity index (χ1n) is 4.55. The minimum Gasteiger partial charge on any atom is -0.303 e. The van der Waals surface area contributed by atoms with E-state index in [0.717, 1.165) is 0 Å². The van der Waals surface area contributed by atoms with Gasteiger partial charge in [0.05, 0.1) is 6.04 Å². The molecule has 0 saturated carbocycles. The first kappa shape index (κ1) is 11.6. The summed E-state index contributed by atoms with van der Waals surface area (Å²) in [5, 5.41) is 3.25. The Morgan fingerprint density at radius 2 is 1.58 bits per heavy atom. The Labute approximate surface area is 75.7 Å². The molecule has 0 amide bonds. The van der Waals surface area contributed by atoms with Gasteiger partial charge in [0, 0.05) is 11.5 Å². The van der Waals surface area contributed by atoms with E-state index in [1.54, 1.807) is 0 Å². The average molecular weight is 171 g/mol. The highest BCUT2D eigenvalue weighted by atomic mass is 16.1. The van der Waals surface area contributed by atoms with Crippen LogP contribution in [0, 0.1) is 5.92 Å². The maximum atomic E-state index is 11.5. The highest BCUT2D eigenvalue weighted by Crippen LogP contribution is 2.05. The van der Waals surface area contributed by atoms with Crippen molar-refractivity contribution in [3.8, 4) is 0 Å². The van der Waals surface area contributed by atoms with Crippen LogP contribution in [0.5, 0.6) is 0 Å². The summed E-state index contributed by atoms with van der Waals surface area (Å²) in [5.41, 5.74) is 0.0178. The van der Waals surface area contributed by atoms with Crippen LogP contribution >= 0.6 is 0 Å². The largest absolute Gasteiger partial charge is 0.303 e. The summed E-state index contributed by atoms with van der Waals surface area (Å²) in [6, 6.07) is -0.0370. The van der Waals surface area contributed by atoms with E-state index < -0.39 is 0 Å². The molecule has 2 heteroatoms. The highest BCUT2D eigenvalue weighted by Gasteiger charge is 2.20. The molecule has 0 rings (SSSR count). The molecule has 0 heterocycles. The minimum absolute atomic E-state index is 0.0178. The lowest BCUT2D eigenvalue weighted by Gasteiger charge is -2.26. The van der Waals surface area contributed by atoms with E-state index in [2.05, 4.69) is 26.1 Å². The zero-order valence-electron chi connectivity index (χ0n) is 9.06. The molecule has 12 heavy (non-hydrogen) atoms. The lowest BCUT2D eigenvalue weighted by Crippen LogP contribution is -2.47. The number of hydrogen-bond donors (Lipinski definition) is 1. The highest BCUT2D eigenvalue weighted by molar-refractivity contribution is 5.85. The molecule has 0 aromatic heterocycles. The van der Waals surface area contributed by atoms with Crippen LogP contribution in [0.1, 0.15) is 41.5 Å². The smallest absolute Gasteiger partial charge is 0.151 e. The monoisotopic (exact) mass is 171 g/mol. The third kappa shape index (κ3) is 4.50. The molecule has 2 nitrogen and oxygen atoms in total. The molecule has 0 aliphatic rings. The first-order valence-corrected chi connectivity index (χ1v) is 4.55. The SMILES string of the molecule is CC(C)C(=O)C(C)NC(C)(C)C. The van der Waals surface area contributed by atoms with Crippen LogP contribution < -0.4 is 5.32 Å². The van der Waals surface area contributed by atoms with Gasteiger partial charge in [-0.15, -0.1) is 0 Å². The normalized spacial score (nSPS) is 14.9. The zero-order valence-corrected chi connectivity index (χ0v) is 9.06. The van der Waals surface area contributed by atoms with Crippen LogP contribution in [0.4, 0.5) is 0 Å². The molecule has 0 aromatic rings. The molecular weight excluding hydrogens is 150 g/mol. The second-order valence-corrected chi connectivity index (χ2v) is 4.67. The quantitative estimate of drug-likeness (QED) is 0.703. The van der Waals surface area contributed by atoms with Gasteiger partial charge in [0.2, 0.25) is 0 Å². The van der Waals surface area contributed by atoms with Crippen molar-refractivity contribution < 1.29 is 4.79 Å². The fraction of sp³-hybridized carbons (Fsp3) is 0.900. The molecule has 0 bridgehead atoms. The Balaban J connectivity index is 4.05. The van der Waals surface area contributed by atoms with Crippen molar-refractivity contribution in [3.63, 3.8) is 0 Å². The Morgan fingerprint density at radius 3 is 1.83 bits per heavy atom. The predicted molar refractivity (Wildman–Crippen MR) is 52.2 cm³/mol. The van der Waals surface area contributed by atoms with Crippen LogP contribution in [-0.2, 0) is 4.79 Å². The summed E-state index contributed by atoms with van der Waals surface area (Å²) >= 11 is 0. The Hall–Kier alpha value is -0.370. The van der Waals surface area contributed by atoms with Gasteiger partial charge in [-0.2, -0.15) is 0 Å². The first-order chi connectivity index (χ1) is 5.24. The Bertz CT molecular complexity index is 156. The fourth-order valence-corrected chi connectivity index (χ4v) is 1.22. The van der Waals surface area contributed by atoms with E-state index in [4.69, 9.17) is 0 Å². The number of Topliss-reactive ketones (excluding diaryl/α,β-unsaturated/α-hetero) is 1. The summed E-state index contributed by atoms with van der Waals surface area (Å²) in [6.07, 6.45) is 0. The maximum absolute atomic E-state index is 11.5. The van der Waals surface area contributed by atoms with E-state index in [1.165, 1.54) is 0 Å². The topological polar surface area (TPSA) is 29.1 Å². The van der Waals surface area contributed by atoms with Crippen LogP contribution in [0.3, 0.4) is 0 Å². The van der Waals surface area contributed by atoms with Crippen molar-refractivity contribution in [2.75, 3.05) is 0 Å². The number of carbonyl (C=O) groups excluding carboxylic acids is 1. The van der Waals surface area contributed by atoms with E-state index in [0.29, 0.717) is 0 Å². The summed E-state index contributed by atoms with van der Waals surface area (Å²) < 4.78 is 0. The van der Waals surface area contributed by atoms with Gasteiger partial charge in [0.15, 0.2) is 5.78 Å². The maximum Gasteiger partial charge on any atom is 0.151 e. The molecule has 0 aromatic carbocycles. The van der Waals surface area contributed by atoms with Gasteiger partial charge in [-0.1, -0.05) is 13.8 Å². The number of nitrogens with one attached hydrogen (secondary N) is 1. The summed E-state index contributed by atoms with van der Waals surface area (Å²) in [7, 11) is 0. The fourth-order valence-electron chi connectivity index (χ4n) is 1.22. The van der Waals surface area contributed by atoms with Crippen LogP contribution in [0.25, 0.3) is 0 Å². The molecular formula is C10H21NO. The van der Waals surface area contributed by atoms with Gasteiger partial charge in [-0.25, -0.2) is 0 Å². The lowest BCUT2D eigenvalue weighted by atomic mass is 10.00. The Morgan fingerprint density at radius 1 is 1.17 bits per heavy atom. The minimum atomic E-state index is -0.0370. The van der Waals surface area contributed by atoms with Crippen molar-refractivity contribution in [3.05, 3.63) is 0 Å². The van der Waals surface area contributed by atoms with Gasteiger partial charge in [-0.05, 0) is 27.7 Å². The second-order valence-electron chi connectivity index (χ2n) is 4.67. The molecule has 0 saturated heterocycles. The van der Waals surface area contributed by atoms with Crippen molar-refractivity contribution in [2.45, 2.75) is 53.1 Å². The number of hydrogen-bond acceptors (Lipinski definition) is 2. The Kier molecular flexibility index (Phi) is 3.91. The van der Waals surface area contributed by atoms with E-state index in [9.17, 15) is 4.79 Å². The predicted octanol–water partition coefficient (Wildman–Crippen LogP) is 1.99. The summed E-state index contributed by atoms with van der Waals surface area (Å²) in [5.74, 6) is 0.403. The van der Waals surface area contributed by atoms with Crippen molar-refractivity contribution in [1.29, 1.82) is 0 Å².